The average molecular weight is 228 g/mol. The number of hydrogen-bond acceptors (Lipinski definition) is 2. The third-order valence-electron chi connectivity index (χ3n) is 3.07. The molecular formula is C15H20N2. The van der Waals surface area contributed by atoms with Crippen LogP contribution >= 0.6 is 0 Å². The molecule has 1 aliphatic rings. The summed E-state index contributed by atoms with van der Waals surface area (Å²) in [5, 5.41) is 0. The summed E-state index contributed by atoms with van der Waals surface area (Å²) in [7, 11) is 0. The van der Waals surface area contributed by atoms with Crippen molar-refractivity contribution in [2.24, 2.45) is 10.7 Å². The summed E-state index contributed by atoms with van der Waals surface area (Å²) in [5.41, 5.74) is 8.36. The normalized spacial score (nSPS) is 21.2. The first-order chi connectivity index (χ1) is 8.24. The van der Waals surface area contributed by atoms with Crippen LogP contribution in [0.25, 0.3) is 6.08 Å². The van der Waals surface area contributed by atoms with E-state index >= 15 is 0 Å². The first kappa shape index (κ1) is 11.9. The minimum atomic E-state index is 0.262. The van der Waals surface area contributed by atoms with Crippen LogP contribution in [0.2, 0.25) is 0 Å². The molecule has 0 saturated heterocycles. The van der Waals surface area contributed by atoms with Gasteiger partial charge in [-0.25, -0.2) is 0 Å². The van der Waals surface area contributed by atoms with Gasteiger partial charge < -0.3 is 5.73 Å². The zero-order valence-electron chi connectivity index (χ0n) is 10.4. The quantitative estimate of drug-likeness (QED) is 0.828. The lowest BCUT2D eigenvalue weighted by Crippen LogP contribution is -2.12. The van der Waals surface area contributed by atoms with E-state index in [9.17, 15) is 0 Å². The van der Waals surface area contributed by atoms with Gasteiger partial charge in [0.15, 0.2) is 0 Å². The molecule has 90 valence electrons. The van der Waals surface area contributed by atoms with Crippen molar-refractivity contribution in [2.45, 2.75) is 38.6 Å². The number of hydrogen-bond donors (Lipinski definition) is 1. The van der Waals surface area contributed by atoms with E-state index in [1.807, 2.05) is 0 Å². The number of nitrogens with two attached hydrogens (primary N) is 1. The molecule has 0 amide bonds. The van der Waals surface area contributed by atoms with E-state index < -0.39 is 0 Å². The SMILES string of the molecule is Cc1cccc(C=CC2CCCCC(N)=N2)c1. The van der Waals surface area contributed by atoms with Crippen molar-refractivity contribution in [3.63, 3.8) is 0 Å². The Balaban J connectivity index is 2.07. The van der Waals surface area contributed by atoms with Crippen LogP contribution in [0.4, 0.5) is 0 Å². The molecule has 1 unspecified atom stereocenters. The Morgan fingerprint density at radius 3 is 3.06 bits per heavy atom. The van der Waals surface area contributed by atoms with Crippen molar-refractivity contribution in [3.05, 3.63) is 41.5 Å². The van der Waals surface area contributed by atoms with Crippen LogP contribution in [0.3, 0.4) is 0 Å². The van der Waals surface area contributed by atoms with E-state index in [1.165, 1.54) is 24.0 Å². The van der Waals surface area contributed by atoms with Crippen LogP contribution in [-0.2, 0) is 0 Å². The summed E-state index contributed by atoms with van der Waals surface area (Å²) in [6.07, 6.45) is 8.78. The topological polar surface area (TPSA) is 38.4 Å². The molecule has 0 radical (unpaired) electrons. The number of benzene rings is 1. The first-order valence-corrected chi connectivity index (χ1v) is 6.31. The Morgan fingerprint density at radius 2 is 2.24 bits per heavy atom. The van der Waals surface area contributed by atoms with Gasteiger partial charge in [-0.2, -0.15) is 0 Å². The molecule has 0 fully saturated rings. The first-order valence-electron chi connectivity index (χ1n) is 6.31. The monoisotopic (exact) mass is 228 g/mol. The second kappa shape index (κ2) is 5.67. The van der Waals surface area contributed by atoms with E-state index in [0.29, 0.717) is 0 Å². The lowest BCUT2D eigenvalue weighted by Gasteiger charge is -2.04. The molecule has 2 rings (SSSR count). The van der Waals surface area contributed by atoms with Crippen molar-refractivity contribution in [1.29, 1.82) is 0 Å². The second-order valence-corrected chi connectivity index (χ2v) is 4.71. The summed E-state index contributed by atoms with van der Waals surface area (Å²) in [6.45, 7) is 2.11. The fourth-order valence-corrected chi connectivity index (χ4v) is 2.14. The summed E-state index contributed by atoms with van der Waals surface area (Å²) in [6, 6.07) is 8.75. The molecule has 0 bridgehead atoms. The second-order valence-electron chi connectivity index (χ2n) is 4.71. The Hall–Kier alpha value is -1.57. The Kier molecular flexibility index (Phi) is 3.97. The van der Waals surface area contributed by atoms with Crippen LogP contribution in [-0.4, -0.2) is 11.9 Å². The zero-order valence-corrected chi connectivity index (χ0v) is 10.4. The summed E-state index contributed by atoms with van der Waals surface area (Å²) < 4.78 is 0. The van der Waals surface area contributed by atoms with Gasteiger partial charge in [0.25, 0.3) is 0 Å². The highest BCUT2D eigenvalue weighted by molar-refractivity contribution is 5.80. The highest BCUT2D eigenvalue weighted by Crippen LogP contribution is 2.15. The van der Waals surface area contributed by atoms with Crippen molar-refractivity contribution in [1.82, 2.24) is 0 Å². The maximum Gasteiger partial charge on any atom is 0.0944 e. The Morgan fingerprint density at radius 1 is 1.35 bits per heavy atom. The van der Waals surface area contributed by atoms with Gasteiger partial charge in [-0.3, -0.25) is 4.99 Å². The molecule has 2 heteroatoms. The number of rotatable bonds is 2. The number of nitrogens with zero attached hydrogens (tertiary/aromatic N) is 1. The molecule has 0 saturated carbocycles. The Labute approximate surface area is 103 Å². The zero-order chi connectivity index (χ0) is 12.1. The number of aryl methyl sites for hydroxylation is 1. The van der Waals surface area contributed by atoms with Crippen LogP contribution in [0, 0.1) is 6.92 Å². The van der Waals surface area contributed by atoms with Crippen molar-refractivity contribution in [2.75, 3.05) is 0 Å². The lowest BCUT2D eigenvalue weighted by atomic mass is 10.1. The molecule has 2 nitrogen and oxygen atoms in total. The van der Waals surface area contributed by atoms with Crippen LogP contribution < -0.4 is 5.73 Å². The molecule has 2 N–H and O–H groups in total. The molecule has 1 aromatic rings. The van der Waals surface area contributed by atoms with Gasteiger partial charge in [-0.15, -0.1) is 0 Å². The van der Waals surface area contributed by atoms with Gasteiger partial charge in [0, 0.05) is 6.42 Å². The molecular weight excluding hydrogens is 208 g/mol. The Bertz CT molecular complexity index is 432. The number of amidine groups is 1. The van der Waals surface area contributed by atoms with Crippen LogP contribution in [0.5, 0.6) is 0 Å². The highest BCUT2D eigenvalue weighted by atomic mass is 14.9. The molecule has 1 aromatic carbocycles. The predicted molar refractivity (Wildman–Crippen MR) is 74.1 cm³/mol. The molecule has 0 spiro atoms. The third-order valence-corrected chi connectivity index (χ3v) is 3.07. The lowest BCUT2D eigenvalue weighted by molar-refractivity contribution is 0.669. The molecule has 0 aromatic heterocycles. The standard InChI is InChI=1S/C15H20N2/c1-12-5-4-6-13(11-12)9-10-14-7-2-3-8-15(16)17-14/h4-6,9-11,14H,2-3,7-8H2,1H3,(H2,16,17). The van der Waals surface area contributed by atoms with Crippen LogP contribution in [0.1, 0.15) is 36.8 Å². The maximum atomic E-state index is 5.83. The van der Waals surface area contributed by atoms with E-state index in [4.69, 9.17) is 5.73 Å². The summed E-state index contributed by atoms with van der Waals surface area (Å²) >= 11 is 0. The molecule has 17 heavy (non-hydrogen) atoms. The van der Waals surface area contributed by atoms with E-state index in [1.54, 1.807) is 0 Å². The molecule has 1 atom stereocenters. The minimum absolute atomic E-state index is 0.262. The maximum absolute atomic E-state index is 5.83. The van der Waals surface area contributed by atoms with Gasteiger partial charge in [0.1, 0.15) is 0 Å². The predicted octanol–water partition coefficient (Wildman–Crippen LogP) is 3.31. The third kappa shape index (κ3) is 3.74. The van der Waals surface area contributed by atoms with Crippen molar-refractivity contribution < 1.29 is 0 Å². The summed E-state index contributed by atoms with van der Waals surface area (Å²) in [5.74, 6) is 0.807. The van der Waals surface area contributed by atoms with E-state index in [0.717, 1.165) is 18.7 Å². The molecule has 1 aliphatic heterocycles. The van der Waals surface area contributed by atoms with Gasteiger partial charge in [-0.1, -0.05) is 48.4 Å². The number of aliphatic imine (C=N–C) groups is 1. The molecule has 0 aliphatic carbocycles. The minimum Gasteiger partial charge on any atom is -0.387 e. The van der Waals surface area contributed by atoms with Gasteiger partial charge >= 0.3 is 0 Å². The summed E-state index contributed by atoms with van der Waals surface area (Å²) in [4.78, 5) is 4.52. The van der Waals surface area contributed by atoms with Gasteiger partial charge in [0.2, 0.25) is 0 Å². The fraction of sp³-hybridized carbons (Fsp3) is 0.400. The van der Waals surface area contributed by atoms with E-state index in [-0.39, 0.29) is 6.04 Å². The van der Waals surface area contributed by atoms with Gasteiger partial charge in [0.05, 0.1) is 11.9 Å². The van der Waals surface area contributed by atoms with E-state index in [2.05, 4.69) is 48.3 Å². The fourth-order valence-electron chi connectivity index (χ4n) is 2.14. The van der Waals surface area contributed by atoms with Crippen molar-refractivity contribution in [3.8, 4) is 0 Å². The smallest absolute Gasteiger partial charge is 0.0944 e. The largest absolute Gasteiger partial charge is 0.387 e. The average Bonchev–Trinajstić information content (AvgIpc) is 2.51. The highest BCUT2D eigenvalue weighted by Gasteiger charge is 2.08. The molecule has 1 heterocycles. The van der Waals surface area contributed by atoms with Crippen molar-refractivity contribution >= 4 is 11.9 Å². The van der Waals surface area contributed by atoms with Gasteiger partial charge in [-0.05, 0) is 25.3 Å². The van der Waals surface area contributed by atoms with Crippen LogP contribution in [0.15, 0.2) is 35.3 Å².